The maximum Gasteiger partial charge on any atom is 0.306 e. The van der Waals surface area contributed by atoms with Crippen molar-refractivity contribution in [3.8, 4) is 0 Å². The number of rotatable bonds is 5. The van der Waals surface area contributed by atoms with Crippen LogP contribution < -0.4 is 0 Å². The third-order valence-electron chi connectivity index (χ3n) is 3.35. The molecule has 1 aromatic rings. The van der Waals surface area contributed by atoms with Crippen molar-refractivity contribution in [2.45, 2.75) is 19.9 Å². The minimum atomic E-state index is -0.124. The van der Waals surface area contributed by atoms with Gasteiger partial charge in [-0.15, -0.1) is 11.3 Å². The zero-order valence-electron chi connectivity index (χ0n) is 11.6. The highest BCUT2D eigenvalue weighted by Gasteiger charge is 2.18. The summed E-state index contributed by atoms with van der Waals surface area (Å²) in [7, 11) is 1.44. The van der Waals surface area contributed by atoms with Crippen LogP contribution in [0.25, 0.3) is 0 Å². The highest BCUT2D eigenvalue weighted by Crippen LogP contribution is 2.13. The summed E-state index contributed by atoms with van der Waals surface area (Å²) in [5.74, 6) is -0.124. The highest BCUT2D eigenvalue weighted by atomic mass is 32.1. The molecule has 1 aliphatic heterocycles. The fourth-order valence-electron chi connectivity index (χ4n) is 2.19. The number of hydrogen-bond donors (Lipinski definition) is 0. The molecular formula is C13H21N3O2S. The predicted octanol–water partition coefficient (Wildman–Crippen LogP) is 1.13. The third kappa shape index (κ3) is 4.56. The molecule has 2 heterocycles. The number of esters is 1. The molecule has 0 bridgehead atoms. The number of hydrogen-bond acceptors (Lipinski definition) is 6. The molecule has 2 rings (SSSR count). The third-order valence-corrected chi connectivity index (χ3v) is 4.30. The van der Waals surface area contributed by atoms with Crippen molar-refractivity contribution in [2.24, 2.45) is 0 Å². The van der Waals surface area contributed by atoms with Crippen LogP contribution in [-0.2, 0) is 16.1 Å². The fraction of sp³-hybridized carbons (Fsp3) is 0.692. The monoisotopic (exact) mass is 283 g/mol. The summed E-state index contributed by atoms with van der Waals surface area (Å²) >= 11 is 1.73. The van der Waals surface area contributed by atoms with E-state index in [1.807, 2.05) is 6.92 Å². The van der Waals surface area contributed by atoms with Crippen molar-refractivity contribution in [1.29, 1.82) is 0 Å². The van der Waals surface area contributed by atoms with Gasteiger partial charge in [-0.05, 0) is 6.92 Å². The van der Waals surface area contributed by atoms with Gasteiger partial charge in [0.1, 0.15) is 5.01 Å². The van der Waals surface area contributed by atoms with E-state index in [1.54, 1.807) is 11.3 Å². The molecule has 1 fully saturated rings. The van der Waals surface area contributed by atoms with Crippen LogP contribution in [-0.4, -0.2) is 60.6 Å². The first-order valence-electron chi connectivity index (χ1n) is 6.60. The van der Waals surface area contributed by atoms with Crippen LogP contribution in [0.1, 0.15) is 17.1 Å². The average Bonchev–Trinajstić information content (AvgIpc) is 2.83. The number of ether oxygens (including phenoxy) is 1. The van der Waals surface area contributed by atoms with Crippen LogP contribution in [0.2, 0.25) is 0 Å². The van der Waals surface area contributed by atoms with Crippen LogP contribution in [0.3, 0.4) is 0 Å². The minimum absolute atomic E-state index is 0.124. The fourth-order valence-corrected chi connectivity index (χ4v) is 3.00. The van der Waals surface area contributed by atoms with E-state index in [-0.39, 0.29) is 5.97 Å². The van der Waals surface area contributed by atoms with Gasteiger partial charge in [0.2, 0.25) is 0 Å². The summed E-state index contributed by atoms with van der Waals surface area (Å²) in [5, 5.41) is 3.29. The predicted molar refractivity (Wildman–Crippen MR) is 75.2 cm³/mol. The number of carbonyl (C=O) groups excluding carboxylic acids is 1. The lowest BCUT2D eigenvalue weighted by Crippen LogP contribution is -2.46. The lowest BCUT2D eigenvalue weighted by atomic mass is 10.3. The van der Waals surface area contributed by atoms with E-state index in [0.29, 0.717) is 6.42 Å². The average molecular weight is 283 g/mol. The molecule has 1 aromatic heterocycles. The molecule has 5 nitrogen and oxygen atoms in total. The van der Waals surface area contributed by atoms with Gasteiger partial charge in [-0.1, -0.05) is 0 Å². The van der Waals surface area contributed by atoms with E-state index in [9.17, 15) is 4.79 Å². The van der Waals surface area contributed by atoms with Crippen LogP contribution in [0.4, 0.5) is 0 Å². The normalized spacial score (nSPS) is 17.6. The maximum absolute atomic E-state index is 11.1. The van der Waals surface area contributed by atoms with Crippen molar-refractivity contribution in [3.05, 3.63) is 16.1 Å². The number of methoxy groups -OCH3 is 1. The summed E-state index contributed by atoms with van der Waals surface area (Å²) < 4.78 is 4.66. The van der Waals surface area contributed by atoms with Crippen LogP contribution in [0.5, 0.6) is 0 Å². The van der Waals surface area contributed by atoms with Crippen molar-refractivity contribution in [3.63, 3.8) is 0 Å². The Morgan fingerprint density at radius 1 is 1.37 bits per heavy atom. The molecule has 0 spiro atoms. The van der Waals surface area contributed by atoms with Gasteiger partial charge < -0.3 is 9.64 Å². The molecule has 1 saturated heterocycles. The van der Waals surface area contributed by atoms with Crippen molar-refractivity contribution in [1.82, 2.24) is 14.8 Å². The van der Waals surface area contributed by atoms with Crippen LogP contribution >= 0.6 is 11.3 Å². The number of piperazine rings is 1. The molecular weight excluding hydrogens is 262 g/mol. The zero-order chi connectivity index (χ0) is 13.7. The molecule has 0 unspecified atom stereocenters. The summed E-state index contributed by atoms with van der Waals surface area (Å²) in [6.07, 6.45) is 0.488. The molecule has 0 amide bonds. The molecule has 0 N–H and O–H groups in total. The molecule has 0 saturated carbocycles. The van der Waals surface area contributed by atoms with Crippen molar-refractivity contribution >= 4 is 17.3 Å². The van der Waals surface area contributed by atoms with Crippen molar-refractivity contribution < 1.29 is 9.53 Å². The number of aryl methyl sites for hydroxylation is 1. The quantitative estimate of drug-likeness (QED) is 0.758. The summed E-state index contributed by atoms with van der Waals surface area (Å²) in [6.45, 7) is 7.90. The number of thiazole rings is 1. The lowest BCUT2D eigenvalue weighted by molar-refractivity contribution is -0.141. The maximum atomic E-state index is 11.1. The van der Waals surface area contributed by atoms with Gasteiger partial charge in [-0.25, -0.2) is 4.98 Å². The van der Waals surface area contributed by atoms with E-state index in [2.05, 4.69) is 24.9 Å². The van der Waals surface area contributed by atoms with Gasteiger partial charge in [-0.3, -0.25) is 9.69 Å². The Bertz CT molecular complexity index is 414. The molecule has 1 aliphatic rings. The topological polar surface area (TPSA) is 45.7 Å². The summed E-state index contributed by atoms with van der Waals surface area (Å²) in [4.78, 5) is 20.3. The SMILES string of the molecule is COC(=O)CCN1CCN(Cc2nc(C)cs2)CC1. The molecule has 6 heteroatoms. The summed E-state index contributed by atoms with van der Waals surface area (Å²) in [5.41, 5.74) is 1.11. The Morgan fingerprint density at radius 3 is 2.63 bits per heavy atom. The van der Waals surface area contributed by atoms with Gasteiger partial charge in [-0.2, -0.15) is 0 Å². The van der Waals surface area contributed by atoms with E-state index in [0.717, 1.165) is 45.0 Å². The molecule has 0 radical (unpaired) electrons. The summed E-state index contributed by atoms with van der Waals surface area (Å²) in [6, 6.07) is 0. The smallest absolute Gasteiger partial charge is 0.306 e. The number of aromatic nitrogens is 1. The van der Waals surface area contributed by atoms with Crippen LogP contribution in [0, 0.1) is 6.92 Å². The molecule has 0 aliphatic carbocycles. The Morgan fingerprint density at radius 2 is 2.05 bits per heavy atom. The highest BCUT2D eigenvalue weighted by molar-refractivity contribution is 7.09. The Balaban J connectivity index is 1.69. The zero-order valence-corrected chi connectivity index (χ0v) is 12.4. The Kier molecular flexibility index (Phi) is 5.30. The van der Waals surface area contributed by atoms with Gasteiger partial charge in [0.25, 0.3) is 0 Å². The second-order valence-electron chi connectivity index (χ2n) is 4.83. The first kappa shape index (κ1) is 14.4. The van der Waals surface area contributed by atoms with Gasteiger partial charge in [0.05, 0.1) is 20.1 Å². The molecule has 19 heavy (non-hydrogen) atoms. The molecule has 0 aromatic carbocycles. The molecule has 0 atom stereocenters. The number of nitrogens with zero attached hydrogens (tertiary/aromatic N) is 3. The van der Waals surface area contributed by atoms with Gasteiger partial charge >= 0.3 is 5.97 Å². The van der Waals surface area contributed by atoms with Crippen molar-refractivity contribution in [2.75, 3.05) is 39.8 Å². The number of carbonyl (C=O) groups is 1. The van der Waals surface area contributed by atoms with E-state index in [4.69, 9.17) is 0 Å². The first-order valence-corrected chi connectivity index (χ1v) is 7.48. The largest absolute Gasteiger partial charge is 0.469 e. The second kappa shape index (κ2) is 6.98. The van der Waals surface area contributed by atoms with Gasteiger partial charge in [0.15, 0.2) is 0 Å². The lowest BCUT2D eigenvalue weighted by Gasteiger charge is -2.33. The van der Waals surface area contributed by atoms with Gasteiger partial charge in [0, 0.05) is 43.8 Å². The van der Waals surface area contributed by atoms with E-state index < -0.39 is 0 Å². The van der Waals surface area contributed by atoms with E-state index in [1.165, 1.54) is 12.1 Å². The van der Waals surface area contributed by atoms with E-state index >= 15 is 0 Å². The first-order chi connectivity index (χ1) is 9.17. The van der Waals surface area contributed by atoms with Crippen LogP contribution in [0.15, 0.2) is 5.38 Å². The Hall–Kier alpha value is -0.980. The second-order valence-corrected chi connectivity index (χ2v) is 5.77. The Labute approximate surface area is 118 Å². The standard InChI is InChI=1S/C13H21N3O2S/c1-11-10-19-12(14-11)9-16-7-5-15(6-8-16)4-3-13(17)18-2/h10H,3-9H2,1-2H3. The molecule has 106 valence electrons. The minimum Gasteiger partial charge on any atom is -0.469 e.